The molecule has 1 aromatic heterocycles. The molecule has 1 aromatic rings. The van der Waals surface area contributed by atoms with Crippen LogP contribution in [0.1, 0.15) is 25.2 Å². The summed E-state index contributed by atoms with van der Waals surface area (Å²) >= 11 is 0. The van der Waals surface area contributed by atoms with E-state index in [4.69, 9.17) is 15.2 Å². The van der Waals surface area contributed by atoms with Crippen molar-refractivity contribution in [3.63, 3.8) is 0 Å². The number of pyridine rings is 1. The number of nitrogens with two attached hydrogens (primary N) is 1. The Labute approximate surface area is 107 Å². The fourth-order valence-electron chi connectivity index (χ4n) is 1.52. The van der Waals surface area contributed by atoms with E-state index in [1.807, 2.05) is 19.9 Å². The molecule has 0 fully saturated rings. The normalized spacial score (nSPS) is 12.0. The molecule has 0 saturated heterocycles. The largest absolute Gasteiger partial charge is 0.480 e. The Kier molecular flexibility index (Phi) is 5.58. The maximum atomic E-state index is 11.2. The summed E-state index contributed by atoms with van der Waals surface area (Å²) in [5.41, 5.74) is 7.43. The zero-order chi connectivity index (χ0) is 13.5. The summed E-state index contributed by atoms with van der Waals surface area (Å²) in [7, 11) is 0. The molecule has 0 aliphatic rings. The number of aryl methyl sites for hydroxylation is 1. The molecule has 0 aliphatic carbocycles. The first-order valence-corrected chi connectivity index (χ1v) is 6.03. The van der Waals surface area contributed by atoms with Crippen molar-refractivity contribution in [1.82, 2.24) is 4.98 Å². The van der Waals surface area contributed by atoms with Crippen LogP contribution in [0.25, 0.3) is 0 Å². The summed E-state index contributed by atoms with van der Waals surface area (Å²) < 4.78 is 10.2. The number of hydrogen-bond acceptors (Lipinski definition) is 5. The highest BCUT2D eigenvalue weighted by Gasteiger charge is 2.10. The number of nitrogens with zero attached hydrogens (tertiary/aromatic N) is 1. The van der Waals surface area contributed by atoms with Crippen LogP contribution in [-0.2, 0) is 16.0 Å². The molecule has 1 rings (SSSR count). The molecule has 5 heteroatoms. The van der Waals surface area contributed by atoms with E-state index in [0.717, 1.165) is 11.4 Å². The van der Waals surface area contributed by atoms with E-state index < -0.39 is 0 Å². The molecule has 1 heterocycles. The van der Waals surface area contributed by atoms with E-state index in [9.17, 15) is 4.79 Å². The van der Waals surface area contributed by atoms with Gasteiger partial charge >= 0.3 is 5.97 Å². The van der Waals surface area contributed by atoms with Crippen molar-refractivity contribution >= 4 is 5.97 Å². The number of esters is 1. The Hall–Kier alpha value is -1.62. The molecule has 0 bridgehead atoms. The minimum atomic E-state index is -0.384. The lowest BCUT2D eigenvalue weighted by Crippen LogP contribution is -2.20. The van der Waals surface area contributed by atoms with E-state index in [1.54, 1.807) is 13.0 Å². The van der Waals surface area contributed by atoms with Crippen molar-refractivity contribution in [2.45, 2.75) is 33.2 Å². The van der Waals surface area contributed by atoms with Crippen LogP contribution >= 0.6 is 0 Å². The Morgan fingerprint density at radius 2 is 2.22 bits per heavy atom. The third kappa shape index (κ3) is 4.71. The van der Waals surface area contributed by atoms with Gasteiger partial charge in [-0.3, -0.25) is 4.98 Å². The number of carbonyl (C=O) groups is 1. The van der Waals surface area contributed by atoms with Crippen LogP contribution in [0, 0.1) is 6.92 Å². The molecule has 0 spiro atoms. The van der Waals surface area contributed by atoms with Crippen LogP contribution in [0.15, 0.2) is 12.1 Å². The maximum absolute atomic E-state index is 11.2. The summed E-state index contributed by atoms with van der Waals surface area (Å²) in [6.07, 6.45) is 0.611. The Morgan fingerprint density at radius 3 is 2.83 bits per heavy atom. The van der Waals surface area contributed by atoms with Crippen molar-refractivity contribution in [3.05, 3.63) is 23.5 Å². The molecule has 0 aromatic carbocycles. The second-order valence-electron chi connectivity index (χ2n) is 4.17. The molecule has 1 atom stereocenters. The van der Waals surface area contributed by atoms with Gasteiger partial charge in [0.2, 0.25) is 0 Å². The highest BCUT2D eigenvalue weighted by Crippen LogP contribution is 2.18. The molecule has 100 valence electrons. The van der Waals surface area contributed by atoms with Crippen molar-refractivity contribution in [2.75, 3.05) is 13.2 Å². The van der Waals surface area contributed by atoms with Crippen LogP contribution in [-0.4, -0.2) is 30.2 Å². The lowest BCUT2D eigenvalue weighted by Gasteiger charge is -2.12. The van der Waals surface area contributed by atoms with Crippen molar-refractivity contribution in [1.29, 1.82) is 0 Å². The van der Waals surface area contributed by atoms with Gasteiger partial charge < -0.3 is 15.2 Å². The quantitative estimate of drug-likeness (QED) is 0.770. The van der Waals surface area contributed by atoms with Gasteiger partial charge in [-0.15, -0.1) is 0 Å². The monoisotopic (exact) mass is 252 g/mol. The van der Waals surface area contributed by atoms with Gasteiger partial charge in [0.05, 0.1) is 12.3 Å². The minimum Gasteiger partial charge on any atom is -0.480 e. The molecule has 0 saturated carbocycles. The molecule has 0 aliphatic heterocycles. The fourth-order valence-corrected chi connectivity index (χ4v) is 1.52. The molecule has 18 heavy (non-hydrogen) atoms. The summed E-state index contributed by atoms with van der Waals surface area (Å²) in [5.74, 6) is 0.204. The second kappa shape index (κ2) is 6.96. The van der Waals surface area contributed by atoms with Crippen LogP contribution in [0.3, 0.4) is 0 Å². The van der Waals surface area contributed by atoms with Crippen LogP contribution < -0.4 is 10.5 Å². The van der Waals surface area contributed by atoms with Gasteiger partial charge in [-0.05, 0) is 32.9 Å². The Bertz CT molecular complexity index is 405. The first kappa shape index (κ1) is 14.4. The standard InChI is InChI=1S/C13H20N2O3/c1-4-17-13(16)8-18-12-6-5-10(3)15-11(12)7-9(2)14/h5-6,9H,4,7-8,14H2,1-3H3. The lowest BCUT2D eigenvalue weighted by molar-refractivity contribution is -0.145. The van der Waals surface area contributed by atoms with Crippen molar-refractivity contribution in [3.8, 4) is 5.75 Å². The molecular weight excluding hydrogens is 232 g/mol. The molecule has 1 unspecified atom stereocenters. The average molecular weight is 252 g/mol. The van der Waals surface area contributed by atoms with Gasteiger partial charge in [-0.2, -0.15) is 0 Å². The molecule has 0 amide bonds. The van der Waals surface area contributed by atoms with E-state index >= 15 is 0 Å². The minimum absolute atomic E-state index is 0.00996. The lowest BCUT2D eigenvalue weighted by atomic mass is 10.1. The highest BCUT2D eigenvalue weighted by molar-refractivity contribution is 5.71. The van der Waals surface area contributed by atoms with Crippen molar-refractivity contribution < 1.29 is 14.3 Å². The predicted octanol–water partition coefficient (Wildman–Crippen LogP) is 1.22. The third-order valence-corrected chi connectivity index (χ3v) is 2.24. The summed E-state index contributed by atoms with van der Waals surface area (Å²) in [4.78, 5) is 15.6. The average Bonchev–Trinajstić information content (AvgIpc) is 2.27. The fraction of sp³-hybridized carbons (Fsp3) is 0.538. The van der Waals surface area contributed by atoms with E-state index in [-0.39, 0.29) is 18.6 Å². The second-order valence-corrected chi connectivity index (χ2v) is 4.17. The first-order valence-electron chi connectivity index (χ1n) is 6.03. The molecule has 2 N–H and O–H groups in total. The van der Waals surface area contributed by atoms with Gasteiger partial charge in [0.1, 0.15) is 5.75 Å². The third-order valence-electron chi connectivity index (χ3n) is 2.24. The van der Waals surface area contributed by atoms with E-state index in [0.29, 0.717) is 18.8 Å². The Balaban J connectivity index is 2.71. The van der Waals surface area contributed by atoms with Gasteiger partial charge in [0.25, 0.3) is 0 Å². The van der Waals surface area contributed by atoms with Crippen LogP contribution in [0.5, 0.6) is 5.75 Å². The molecular formula is C13H20N2O3. The van der Waals surface area contributed by atoms with E-state index in [2.05, 4.69) is 4.98 Å². The first-order chi connectivity index (χ1) is 8.52. The van der Waals surface area contributed by atoms with Crippen LogP contribution in [0.2, 0.25) is 0 Å². The molecule has 5 nitrogen and oxygen atoms in total. The number of carbonyl (C=O) groups excluding carboxylic acids is 1. The Morgan fingerprint density at radius 1 is 1.50 bits per heavy atom. The smallest absolute Gasteiger partial charge is 0.344 e. The highest BCUT2D eigenvalue weighted by atomic mass is 16.6. The number of aromatic nitrogens is 1. The van der Waals surface area contributed by atoms with Crippen LogP contribution in [0.4, 0.5) is 0 Å². The van der Waals surface area contributed by atoms with Gasteiger partial charge in [-0.25, -0.2) is 4.79 Å². The van der Waals surface area contributed by atoms with E-state index in [1.165, 1.54) is 0 Å². The number of hydrogen-bond donors (Lipinski definition) is 1. The zero-order valence-electron chi connectivity index (χ0n) is 11.1. The SMILES string of the molecule is CCOC(=O)COc1ccc(C)nc1CC(C)N. The maximum Gasteiger partial charge on any atom is 0.344 e. The summed E-state index contributed by atoms with van der Waals surface area (Å²) in [6, 6.07) is 3.63. The van der Waals surface area contributed by atoms with Gasteiger partial charge in [0, 0.05) is 18.2 Å². The predicted molar refractivity (Wildman–Crippen MR) is 68.5 cm³/mol. The summed E-state index contributed by atoms with van der Waals surface area (Å²) in [6.45, 7) is 5.80. The summed E-state index contributed by atoms with van der Waals surface area (Å²) in [5, 5.41) is 0. The topological polar surface area (TPSA) is 74.4 Å². The molecule has 0 radical (unpaired) electrons. The number of rotatable bonds is 6. The number of ether oxygens (including phenoxy) is 2. The zero-order valence-corrected chi connectivity index (χ0v) is 11.1. The van der Waals surface area contributed by atoms with Crippen molar-refractivity contribution in [2.24, 2.45) is 5.73 Å². The van der Waals surface area contributed by atoms with Gasteiger partial charge in [0.15, 0.2) is 6.61 Å². The van der Waals surface area contributed by atoms with Gasteiger partial charge in [-0.1, -0.05) is 0 Å².